The molecule has 5 N–H and O–H groups in total. The molecule has 0 amide bonds. The summed E-state index contributed by atoms with van der Waals surface area (Å²) in [6, 6.07) is 0. The first kappa shape index (κ1) is 63.6. The van der Waals surface area contributed by atoms with Crippen LogP contribution < -0.4 is 0 Å². The van der Waals surface area contributed by atoms with E-state index in [4.69, 9.17) is 0 Å². The third kappa shape index (κ3) is 44.1. The number of carbonyl (C=O) groups is 2. The van der Waals surface area contributed by atoms with Crippen molar-refractivity contribution in [1.29, 1.82) is 0 Å². The molecule has 0 aromatic heterocycles. The van der Waals surface area contributed by atoms with Crippen molar-refractivity contribution >= 4 is 18.9 Å². The van der Waals surface area contributed by atoms with Crippen LogP contribution in [0.5, 0.6) is 0 Å². The fourth-order valence-electron chi connectivity index (χ4n) is 9.77. The van der Waals surface area contributed by atoms with E-state index in [1.165, 1.54) is 205 Å². The normalized spacial score (nSPS) is 14.1. The molecule has 0 aromatic rings. The number of aliphatic hydroxyl groups excluding tert-OH is 2. The number of hydrogen-bond donors (Lipinski definition) is 5. The van der Waals surface area contributed by atoms with E-state index in [-0.39, 0.29) is 18.0 Å². The van der Waals surface area contributed by atoms with Gasteiger partial charge in [-0.3, -0.25) is 0 Å². The van der Waals surface area contributed by atoms with Gasteiger partial charge in [-0.05, 0) is 0 Å². The predicted octanol–water partition coefficient (Wildman–Crippen LogP) is 16.7. The average molecular weight is 929 g/mol. The van der Waals surface area contributed by atoms with Gasteiger partial charge in [0.1, 0.15) is 0 Å². The van der Waals surface area contributed by atoms with Crippen LogP contribution >= 0.6 is 7.28 Å². The predicted molar refractivity (Wildman–Crippen MR) is 278 cm³/mol. The molecule has 0 saturated carbocycles. The smallest absolute Gasteiger partial charge is 0.0654 e. The molecule has 0 aliphatic carbocycles. The molecule has 3 unspecified atom stereocenters. The standard InChI is InChI=1S/C56H113O7P/c1-4-7-10-13-16-19-22-25-26-27-30-32-35-38-41-44-47-54(55(59)48-45-42-39-36-33-29-24-21-18-15-12-9-6-3)56(60)51-64(61,62,63)50-53(58)49-52(57)46-43-40-37-34-31-28-23-20-17-14-11-8-5-2/h53-54,56,58,60-63H,4-51H2,1-3H3. The average Bonchev–Trinajstić information content (AvgIpc) is 3.24. The molecule has 0 spiro atoms. The van der Waals surface area contributed by atoms with Crippen LogP contribution in [0.15, 0.2) is 0 Å². The van der Waals surface area contributed by atoms with E-state index >= 15 is 0 Å². The summed E-state index contributed by atoms with van der Waals surface area (Å²) < 4.78 is 0. The Bertz CT molecular complexity index is 1010. The Labute approximate surface area is 398 Å². The van der Waals surface area contributed by atoms with Gasteiger partial charge in [-0.15, -0.1) is 0 Å². The number of hydrogen-bond acceptors (Lipinski definition) is 7. The number of carbonyl (C=O) groups excluding carboxylic acids is 2. The molecule has 0 aliphatic rings. The van der Waals surface area contributed by atoms with Gasteiger partial charge in [0.2, 0.25) is 0 Å². The van der Waals surface area contributed by atoms with E-state index in [9.17, 15) is 34.5 Å². The van der Waals surface area contributed by atoms with E-state index in [1.807, 2.05) is 0 Å². The molecule has 64 heavy (non-hydrogen) atoms. The van der Waals surface area contributed by atoms with Crippen LogP contribution in [-0.2, 0) is 9.59 Å². The Kier molecular flexibility index (Phi) is 44.7. The quantitative estimate of drug-likeness (QED) is 0.0303. The number of rotatable bonds is 53. The molecule has 3 atom stereocenters. The Hall–Kier alpha value is -0.430. The first-order valence-corrected chi connectivity index (χ1v) is 31.1. The van der Waals surface area contributed by atoms with Gasteiger partial charge >= 0.3 is 251 Å². The van der Waals surface area contributed by atoms with Gasteiger partial charge in [-0.25, -0.2) is 0 Å². The van der Waals surface area contributed by atoms with E-state index in [2.05, 4.69) is 20.8 Å². The number of ketones is 2. The third-order valence-electron chi connectivity index (χ3n) is 13.9. The summed E-state index contributed by atoms with van der Waals surface area (Å²) in [4.78, 5) is 59.5. The maximum absolute atomic E-state index is 13.6. The monoisotopic (exact) mass is 929 g/mol. The summed E-state index contributed by atoms with van der Waals surface area (Å²) in [5.41, 5.74) is 0. The van der Waals surface area contributed by atoms with Gasteiger partial charge in [0.15, 0.2) is 0 Å². The van der Waals surface area contributed by atoms with Crippen LogP contribution in [0.2, 0.25) is 0 Å². The molecule has 0 aromatic carbocycles. The van der Waals surface area contributed by atoms with E-state index in [1.54, 1.807) is 0 Å². The number of aliphatic hydroxyl groups is 2. The summed E-state index contributed by atoms with van der Waals surface area (Å²) in [7, 11) is -5.54. The zero-order valence-corrected chi connectivity index (χ0v) is 44.1. The Balaban J connectivity index is 4.73. The summed E-state index contributed by atoms with van der Waals surface area (Å²) in [6.45, 7) is 6.77. The SMILES string of the molecule is CCCCCCCCCCCCCCCCCCC(C(=O)CCCCCCCCCCCCCCC)C(O)CP(O)(O)(O)CC(O)CC(=O)CCCCCCCCCCCCCCC. The fourth-order valence-corrected chi connectivity index (χ4v) is 11.9. The van der Waals surface area contributed by atoms with Crippen molar-refractivity contribution < 1.29 is 34.5 Å². The first-order chi connectivity index (χ1) is 30.9. The Morgan fingerprint density at radius 2 is 0.625 bits per heavy atom. The van der Waals surface area contributed by atoms with Crippen molar-refractivity contribution in [1.82, 2.24) is 0 Å². The number of unbranched alkanes of at least 4 members (excludes halogenated alkanes) is 39. The summed E-state index contributed by atoms with van der Waals surface area (Å²) in [5.74, 6) is -1.01. The van der Waals surface area contributed by atoms with Gasteiger partial charge in [-0.1, -0.05) is 149 Å². The summed E-state index contributed by atoms with van der Waals surface area (Å²) in [5, 5.41) is 22.1. The van der Waals surface area contributed by atoms with Gasteiger partial charge in [0.05, 0.1) is 0 Å². The van der Waals surface area contributed by atoms with Gasteiger partial charge in [-0.2, -0.15) is 0 Å². The molecule has 0 rings (SSSR count). The molecule has 7 nitrogen and oxygen atoms in total. The molecule has 0 fully saturated rings. The van der Waals surface area contributed by atoms with Crippen molar-refractivity contribution in [3.63, 3.8) is 0 Å². The van der Waals surface area contributed by atoms with Crippen LogP contribution in [0.3, 0.4) is 0 Å². The van der Waals surface area contributed by atoms with E-state index in [0.29, 0.717) is 19.3 Å². The van der Waals surface area contributed by atoms with Crippen LogP contribution in [0, 0.1) is 5.92 Å². The maximum atomic E-state index is 13.6. The summed E-state index contributed by atoms with van der Waals surface area (Å²) in [6.07, 6.45) is 48.2. The zero-order valence-electron chi connectivity index (χ0n) is 43.2. The Morgan fingerprint density at radius 3 is 0.938 bits per heavy atom. The molecule has 0 bridgehead atoms. The second-order valence-electron chi connectivity index (χ2n) is 20.8. The van der Waals surface area contributed by atoms with Gasteiger partial charge in [0.25, 0.3) is 0 Å². The minimum atomic E-state index is -5.54. The van der Waals surface area contributed by atoms with Gasteiger partial charge in [0, 0.05) is 0 Å². The van der Waals surface area contributed by atoms with Crippen molar-refractivity contribution in [3.05, 3.63) is 0 Å². The van der Waals surface area contributed by atoms with Crippen molar-refractivity contribution in [2.45, 2.75) is 328 Å². The minimum Gasteiger partial charge on any atom is -0.0654 e. The van der Waals surface area contributed by atoms with Crippen molar-refractivity contribution in [2.75, 3.05) is 12.3 Å². The third-order valence-corrected chi connectivity index (χ3v) is 16.2. The molecule has 0 saturated heterocycles. The van der Waals surface area contributed by atoms with Gasteiger partial charge < -0.3 is 0 Å². The first-order valence-electron chi connectivity index (χ1n) is 28.6. The molecule has 384 valence electrons. The van der Waals surface area contributed by atoms with E-state index < -0.39 is 37.7 Å². The van der Waals surface area contributed by atoms with Crippen molar-refractivity contribution in [2.24, 2.45) is 5.92 Å². The van der Waals surface area contributed by atoms with Crippen LogP contribution in [-0.4, -0.2) is 61.0 Å². The fraction of sp³-hybridized carbons (Fsp3) is 0.964. The summed E-state index contributed by atoms with van der Waals surface area (Å²) >= 11 is 0. The number of Topliss-reactive ketones (excluding diaryl/α,β-unsaturated/α-hetero) is 2. The van der Waals surface area contributed by atoms with Crippen LogP contribution in [0.4, 0.5) is 0 Å². The molecule has 0 heterocycles. The van der Waals surface area contributed by atoms with Crippen LogP contribution in [0.1, 0.15) is 316 Å². The Morgan fingerprint density at radius 1 is 0.359 bits per heavy atom. The molecular weight excluding hydrogens is 816 g/mol. The topological polar surface area (TPSA) is 135 Å². The molecule has 0 radical (unpaired) electrons. The zero-order chi connectivity index (χ0) is 47.3. The van der Waals surface area contributed by atoms with Crippen LogP contribution in [0.25, 0.3) is 0 Å². The second-order valence-corrected chi connectivity index (χ2v) is 24.2. The molecule has 0 aliphatic heterocycles. The van der Waals surface area contributed by atoms with Crippen molar-refractivity contribution in [3.8, 4) is 0 Å². The second kappa shape index (κ2) is 45.0. The molecule has 8 heteroatoms. The van der Waals surface area contributed by atoms with E-state index in [0.717, 1.165) is 64.2 Å². The molecular formula is C56H113O7P. The minimum absolute atomic E-state index is 0.0722.